The molecule has 0 unspecified atom stereocenters. The molecule has 3 heterocycles. The van der Waals surface area contributed by atoms with Gasteiger partial charge in [-0.2, -0.15) is 0 Å². The van der Waals surface area contributed by atoms with Crippen molar-refractivity contribution >= 4 is 43.9 Å². The zero-order valence-electron chi connectivity index (χ0n) is 30.6. The molecular weight excluding hydrogens is 687 g/mol. The first-order valence-electron chi connectivity index (χ1n) is 19.6. The lowest BCUT2D eigenvalue weighted by Crippen LogP contribution is -2.28. The number of hydrogen-bond acceptors (Lipinski definition) is 5. The lowest BCUT2D eigenvalue weighted by Gasteiger charge is -2.37. The summed E-state index contributed by atoms with van der Waals surface area (Å²) in [5, 5.41) is 4.20. The van der Waals surface area contributed by atoms with Crippen LogP contribution < -0.4 is 0 Å². The van der Waals surface area contributed by atoms with Gasteiger partial charge in [-0.15, -0.1) is 0 Å². The topological polar surface area (TPSA) is 65.0 Å². The first kappa shape index (κ1) is 31.5. The van der Waals surface area contributed by atoms with Crippen LogP contribution in [0.3, 0.4) is 0 Å². The van der Waals surface area contributed by atoms with Crippen LogP contribution in [0, 0.1) is 0 Å². The van der Waals surface area contributed by atoms with E-state index >= 15 is 0 Å². The van der Waals surface area contributed by atoms with Crippen LogP contribution >= 0.6 is 0 Å². The third-order valence-electron chi connectivity index (χ3n) is 12.3. The van der Waals surface area contributed by atoms with Crippen molar-refractivity contribution in [2.45, 2.75) is 37.5 Å². The molecule has 3 aromatic heterocycles. The van der Waals surface area contributed by atoms with Gasteiger partial charge in [0.15, 0.2) is 17.5 Å². The van der Waals surface area contributed by atoms with E-state index in [9.17, 15) is 0 Å². The largest absolute Gasteiger partial charge is 0.456 e. The van der Waals surface area contributed by atoms with Gasteiger partial charge < -0.3 is 8.83 Å². The Morgan fingerprint density at radius 3 is 1.50 bits per heavy atom. The zero-order valence-corrected chi connectivity index (χ0v) is 30.6. The smallest absolute Gasteiger partial charge is 0.164 e. The average molecular weight is 722 g/mol. The van der Waals surface area contributed by atoms with Gasteiger partial charge in [-0.3, -0.25) is 0 Å². The molecule has 0 bridgehead atoms. The second-order valence-corrected chi connectivity index (χ2v) is 15.4. The first-order chi connectivity index (χ1) is 27.7. The summed E-state index contributed by atoms with van der Waals surface area (Å²) in [6.45, 7) is 0. The van der Waals surface area contributed by atoms with E-state index in [2.05, 4.69) is 91.0 Å². The summed E-state index contributed by atoms with van der Waals surface area (Å²) in [5.74, 6) is 1.84. The minimum atomic E-state index is 0.0697. The van der Waals surface area contributed by atoms with Crippen molar-refractivity contribution in [2.75, 3.05) is 0 Å². The van der Waals surface area contributed by atoms with Crippen molar-refractivity contribution in [3.8, 4) is 56.4 Å². The van der Waals surface area contributed by atoms with Gasteiger partial charge in [-0.25, -0.2) is 15.0 Å². The molecule has 0 atom stereocenters. The van der Waals surface area contributed by atoms with Crippen LogP contribution in [0.25, 0.3) is 100 Å². The predicted octanol–water partition coefficient (Wildman–Crippen LogP) is 13.6. The molecule has 10 aromatic rings. The van der Waals surface area contributed by atoms with Crippen molar-refractivity contribution in [3.05, 3.63) is 163 Å². The van der Waals surface area contributed by atoms with E-state index in [1.165, 1.54) is 65.5 Å². The van der Waals surface area contributed by atoms with Gasteiger partial charge in [0.1, 0.15) is 22.3 Å². The van der Waals surface area contributed by atoms with Crippen molar-refractivity contribution < 1.29 is 8.83 Å². The summed E-state index contributed by atoms with van der Waals surface area (Å²) < 4.78 is 12.3. The maximum atomic E-state index is 6.17. The van der Waals surface area contributed by atoms with Gasteiger partial charge in [0.2, 0.25) is 0 Å². The molecule has 266 valence electrons. The molecular formula is C51H35N3O2. The van der Waals surface area contributed by atoms with Crippen LogP contribution in [0.5, 0.6) is 0 Å². The van der Waals surface area contributed by atoms with Gasteiger partial charge in [-0.05, 0) is 94.8 Å². The van der Waals surface area contributed by atoms with Crippen LogP contribution in [0.1, 0.15) is 43.2 Å². The normalized spacial score (nSPS) is 14.6. The Hall–Kier alpha value is -6.85. The number of fused-ring (bicyclic) bond motifs is 11. The number of hydrogen-bond donors (Lipinski definition) is 0. The van der Waals surface area contributed by atoms with Crippen LogP contribution in [-0.2, 0) is 5.41 Å². The fourth-order valence-corrected chi connectivity index (χ4v) is 9.77. The molecule has 2 aliphatic carbocycles. The maximum absolute atomic E-state index is 6.17. The minimum absolute atomic E-state index is 0.0697. The summed E-state index contributed by atoms with van der Waals surface area (Å²) in [6, 6.07) is 53.5. The Labute approximate surface area is 323 Å². The van der Waals surface area contributed by atoms with Gasteiger partial charge >= 0.3 is 0 Å². The number of furan rings is 2. The fraction of sp³-hybridized carbons (Fsp3) is 0.118. The summed E-state index contributed by atoms with van der Waals surface area (Å²) >= 11 is 0. The second-order valence-electron chi connectivity index (χ2n) is 15.4. The molecule has 2 aliphatic rings. The van der Waals surface area contributed by atoms with Gasteiger partial charge in [0.05, 0.1) is 0 Å². The van der Waals surface area contributed by atoms with E-state index in [4.69, 9.17) is 23.8 Å². The molecule has 1 fully saturated rings. The van der Waals surface area contributed by atoms with E-state index < -0.39 is 0 Å². The molecule has 0 radical (unpaired) electrons. The molecule has 0 N–H and O–H groups in total. The number of aromatic nitrogens is 3. The molecule has 1 saturated carbocycles. The Morgan fingerprint density at radius 2 is 0.857 bits per heavy atom. The molecule has 0 aliphatic heterocycles. The lowest BCUT2D eigenvalue weighted by molar-refractivity contribution is 0.353. The highest BCUT2D eigenvalue weighted by Crippen LogP contribution is 2.58. The highest BCUT2D eigenvalue weighted by molar-refractivity contribution is 6.07. The number of rotatable bonds is 4. The third kappa shape index (κ3) is 4.70. The van der Waals surface area contributed by atoms with Crippen molar-refractivity contribution in [1.82, 2.24) is 15.0 Å². The lowest BCUT2D eigenvalue weighted by atomic mass is 9.66. The molecule has 1 spiro atoms. The third-order valence-corrected chi connectivity index (χ3v) is 12.3. The number of benzene rings is 7. The summed E-state index contributed by atoms with van der Waals surface area (Å²) in [4.78, 5) is 15.4. The highest BCUT2D eigenvalue weighted by atomic mass is 16.3. The van der Waals surface area contributed by atoms with Crippen LogP contribution in [0.4, 0.5) is 0 Å². The molecule has 0 saturated heterocycles. The SMILES string of the molecule is c1ccc2c(c1)-c1cccc(-c3ccc(-c4nc(-c5ccc6oc7ccccc7c6c5)nc(-c5ccc6oc7ccccc7c6c5)n4)cc3)c1C21CCCCC1. The fourth-order valence-electron chi connectivity index (χ4n) is 9.77. The van der Waals surface area contributed by atoms with E-state index in [0.29, 0.717) is 17.5 Å². The maximum Gasteiger partial charge on any atom is 0.164 e. The molecule has 0 amide bonds. The summed E-state index contributed by atoms with van der Waals surface area (Å²) in [7, 11) is 0. The number of para-hydroxylation sites is 2. The van der Waals surface area contributed by atoms with E-state index in [1.54, 1.807) is 0 Å². The van der Waals surface area contributed by atoms with E-state index in [0.717, 1.165) is 60.6 Å². The van der Waals surface area contributed by atoms with Crippen LogP contribution in [-0.4, -0.2) is 15.0 Å². The Morgan fingerprint density at radius 1 is 0.375 bits per heavy atom. The quantitative estimate of drug-likeness (QED) is 0.181. The molecule has 5 heteroatoms. The summed E-state index contributed by atoms with van der Waals surface area (Å²) in [6.07, 6.45) is 6.23. The van der Waals surface area contributed by atoms with Crippen molar-refractivity contribution in [1.29, 1.82) is 0 Å². The standard InChI is InChI=1S/C51H35N3O2/c1-8-27-51(28-9-1)42-16-5-2-11-36(42)39-15-10-14-35(47(39)51)31-19-21-32(22-20-31)48-52-49(33-23-25-45-40(29-33)37-12-3-6-17-43(37)55-45)54-50(53-48)34-24-26-46-41(30-34)38-13-4-7-18-44(38)56-46/h2-7,10-26,29-30H,1,8-9,27-28H2. The second kappa shape index (κ2) is 12.1. The minimum Gasteiger partial charge on any atom is -0.456 e. The van der Waals surface area contributed by atoms with Crippen LogP contribution in [0.2, 0.25) is 0 Å². The van der Waals surface area contributed by atoms with E-state index in [1.807, 2.05) is 60.7 Å². The predicted molar refractivity (Wildman–Crippen MR) is 225 cm³/mol. The van der Waals surface area contributed by atoms with Gasteiger partial charge in [-0.1, -0.05) is 122 Å². The number of nitrogens with zero attached hydrogens (tertiary/aromatic N) is 3. The molecule has 12 rings (SSSR count). The van der Waals surface area contributed by atoms with E-state index in [-0.39, 0.29) is 5.41 Å². The molecule has 5 nitrogen and oxygen atoms in total. The monoisotopic (exact) mass is 721 g/mol. The Kier molecular flexibility index (Phi) is 6.79. The molecule has 7 aromatic carbocycles. The van der Waals surface area contributed by atoms with Crippen molar-refractivity contribution in [3.63, 3.8) is 0 Å². The Balaban J connectivity index is 1.00. The molecule has 56 heavy (non-hydrogen) atoms. The first-order valence-corrected chi connectivity index (χ1v) is 19.6. The van der Waals surface area contributed by atoms with Gasteiger partial charge in [0.25, 0.3) is 0 Å². The van der Waals surface area contributed by atoms with Crippen molar-refractivity contribution in [2.24, 2.45) is 0 Å². The van der Waals surface area contributed by atoms with Gasteiger partial charge in [0, 0.05) is 43.7 Å². The average Bonchev–Trinajstić information content (AvgIpc) is 3.92. The summed E-state index contributed by atoms with van der Waals surface area (Å²) in [5.41, 5.74) is 14.5. The van der Waals surface area contributed by atoms with Crippen LogP contribution in [0.15, 0.2) is 160 Å². The zero-order chi connectivity index (χ0) is 36.8. The highest BCUT2D eigenvalue weighted by Gasteiger charge is 2.45. The Bertz CT molecular complexity index is 3050.